The minimum absolute atomic E-state index is 0.0928. The first kappa shape index (κ1) is 16.5. The molecule has 0 unspecified atom stereocenters. The highest BCUT2D eigenvalue weighted by atomic mass is 19.4. The Hall–Kier alpha value is -1.88. The van der Waals surface area contributed by atoms with Crippen LogP contribution < -0.4 is 5.32 Å². The Morgan fingerprint density at radius 2 is 2.05 bits per heavy atom. The summed E-state index contributed by atoms with van der Waals surface area (Å²) in [5.41, 5.74) is 0.249. The molecule has 1 aromatic heterocycles. The summed E-state index contributed by atoms with van der Waals surface area (Å²) in [5, 5.41) is 19.5. The van der Waals surface area contributed by atoms with Gasteiger partial charge in [0.2, 0.25) is 0 Å². The molecule has 1 atom stereocenters. The Balaban J connectivity index is 1.82. The van der Waals surface area contributed by atoms with Gasteiger partial charge in [0.15, 0.2) is 5.69 Å². The molecule has 0 radical (unpaired) electrons. The molecule has 1 aliphatic heterocycles. The van der Waals surface area contributed by atoms with Gasteiger partial charge in [-0.05, 0) is 50.9 Å². The molecule has 1 aliphatic rings. The summed E-state index contributed by atoms with van der Waals surface area (Å²) >= 11 is 0. The van der Waals surface area contributed by atoms with E-state index in [9.17, 15) is 13.2 Å². The van der Waals surface area contributed by atoms with Gasteiger partial charge in [-0.25, -0.2) is 0 Å². The third kappa shape index (κ3) is 4.84. The average Bonchev–Trinajstić information content (AvgIpc) is 2.47. The Morgan fingerprint density at radius 3 is 2.55 bits per heavy atom. The second-order valence-corrected chi connectivity index (χ2v) is 5.58. The second kappa shape index (κ2) is 6.92. The van der Waals surface area contributed by atoms with E-state index in [0.29, 0.717) is 37.7 Å². The number of nitrogens with one attached hydrogen (secondary N) is 1. The van der Waals surface area contributed by atoms with Crippen molar-refractivity contribution in [2.24, 2.45) is 5.92 Å². The molecular weight excluding hydrogens is 295 g/mol. The van der Waals surface area contributed by atoms with Crippen LogP contribution in [0.15, 0.2) is 12.1 Å². The number of aromatic nitrogens is 2. The Bertz CT molecular complexity index is 515. The maximum Gasteiger partial charge on any atom is 0.401 e. The fourth-order valence-corrected chi connectivity index (χ4v) is 2.68. The topological polar surface area (TPSA) is 64.8 Å². The van der Waals surface area contributed by atoms with Gasteiger partial charge < -0.3 is 5.32 Å². The maximum absolute atomic E-state index is 12.4. The van der Waals surface area contributed by atoms with Crippen LogP contribution >= 0.6 is 0 Å². The molecule has 8 heteroatoms. The highest BCUT2D eigenvalue weighted by molar-refractivity contribution is 5.36. The van der Waals surface area contributed by atoms with E-state index >= 15 is 0 Å². The molecule has 22 heavy (non-hydrogen) atoms. The maximum atomic E-state index is 12.4. The molecule has 0 saturated carbocycles. The molecule has 120 valence electrons. The predicted molar refractivity (Wildman–Crippen MR) is 75.1 cm³/mol. The molecule has 1 fully saturated rings. The van der Waals surface area contributed by atoms with Gasteiger partial charge in [-0.1, -0.05) is 0 Å². The van der Waals surface area contributed by atoms with Gasteiger partial charge in [-0.15, -0.1) is 10.2 Å². The number of hydrogen-bond donors (Lipinski definition) is 1. The van der Waals surface area contributed by atoms with E-state index in [1.54, 1.807) is 12.1 Å². The number of piperidine rings is 1. The zero-order chi connectivity index (χ0) is 16.2. The first-order valence-electron chi connectivity index (χ1n) is 7.17. The summed E-state index contributed by atoms with van der Waals surface area (Å²) < 4.78 is 37.1. The number of alkyl halides is 3. The van der Waals surface area contributed by atoms with Crippen molar-refractivity contribution in [2.75, 3.05) is 25.0 Å². The summed E-state index contributed by atoms with van der Waals surface area (Å²) in [5.74, 6) is 0.867. The highest BCUT2D eigenvalue weighted by Crippen LogP contribution is 2.25. The monoisotopic (exact) mass is 313 g/mol. The molecule has 0 aliphatic carbocycles. The number of anilines is 1. The fraction of sp³-hybridized carbons (Fsp3) is 0.643. The van der Waals surface area contributed by atoms with Crippen LogP contribution in [0.3, 0.4) is 0 Å². The van der Waals surface area contributed by atoms with Crippen LogP contribution in [-0.2, 0) is 0 Å². The third-order valence-corrected chi connectivity index (χ3v) is 3.90. The van der Waals surface area contributed by atoms with Gasteiger partial charge in [0.25, 0.3) is 0 Å². The zero-order valence-corrected chi connectivity index (χ0v) is 12.3. The molecule has 2 heterocycles. The third-order valence-electron chi connectivity index (χ3n) is 3.90. The average molecular weight is 313 g/mol. The fourth-order valence-electron chi connectivity index (χ4n) is 2.68. The van der Waals surface area contributed by atoms with E-state index in [-0.39, 0.29) is 11.7 Å². The standard InChI is InChI=1S/C14H18F3N5/c1-10(19-13-3-2-12(8-18)20-21-13)11-4-6-22(7-5-11)9-14(15,16)17/h2-3,10-11H,4-7,9H2,1H3,(H,19,21)/t10-/m0/s1. The molecule has 0 spiro atoms. The summed E-state index contributed by atoms with van der Waals surface area (Å²) in [4.78, 5) is 1.45. The van der Waals surface area contributed by atoms with E-state index in [1.807, 2.05) is 13.0 Å². The van der Waals surface area contributed by atoms with Crippen LogP contribution in [0.1, 0.15) is 25.5 Å². The molecule has 1 N–H and O–H groups in total. The molecule has 0 amide bonds. The lowest BCUT2D eigenvalue weighted by Gasteiger charge is -2.35. The van der Waals surface area contributed by atoms with Gasteiger partial charge in [0.05, 0.1) is 6.54 Å². The summed E-state index contributed by atoms with van der Waals surface area (Å²) in [6, 6.07) is 5.25. The van der Waals surface area contributed by atoms with Crippen molar-refractivity contribution >= 4 is 5.82 Å². The number of nitriles is 1. The van der Waals surface area contributed by atoms with E-state index < -0.39 is 12.7 Å². The first-order valence-corrected chi connectivity index (χ1v) is 7.17. The van der Waals surface area contributed by atoms with Gasteiger partial charge in [0.1, 0.15) is 11.9 Å². The molecule has 1 saturated heterocycles. The van der Waals surface area contributed by atoms with Crippen molar-refractivity contribution in [3.05, 3.63) is 17.8 Å². The molecule has 5 nitrogen and oxygen atoms in total. The van der Waals surface area contributed by atoms with E-state index in [1.165, 1.54) is 4.90 Å². The van der Waals surface area contributed by atoms with Gasteiger partial charge in [-0.3, -0.25) is 4.90 Å². The van der Waals surface area contributed by atoms with Crippen molar-refractivity contribution in [2.45, 2.75) is 32.0 Å². The van der Waals surface area contributed by atoms with Crippen molar-refractivity contribution in [1.82, 2.24) is 15.1 Å². The highest BCUT2D eigenvalue weighted by Gasteiger charge is 2.33. The van der Waals surface area contributed by atoms with Gasteiger partial charge in [-0.2, -0.15) is 18.4 Å². The lowest BCUT2D eigenvalue weighted by atomic mass is 9.90. The van der Waals surface area contributed by atoms with Crippen LogP contribution in [0, 0.1) is 17.2 Å². The number of nitrogens with zero attached hydrogens (tertiary/aromatic N) is 4. The second-order valence-electron chi connectivity index (χ2n) is 5.58. The molecular formula is C14H18F3N5. The van der Waals surface area contributed by atoms with E-state index in [4.69, 9.17) is 5.26 Å². The lowest BCUT2D eigenvalue weighted by molar-refractivity contribution is -0.148. The van der Waals surface area contributed by atoms with Crippen LogP contribution in [0.25, 0.3) is 0 Å². The summed E-state index contributed by atoms with van der Waals surface area (Å²) in [6.45, 7) is 2.07. The largest absolute Gasteiger partial charge is 0.401 e. The Morgan fingerprint density at radius 1 is 1.36 bits per heavy atom. The molecule has 1 aromatic rings. The van der Waals surface area contributed by atoms with Gasteiger partial charge >= 0.3 is 6.18 Å². The minimum Gasteiger partial charge on any atom is -0.366 e. The van der Waals surface area contributed by atoms with Crippen molar-refractivity contribution in [1.29, 1.82) is 5.26 Å². The van der Waals surface area contributed by atoms with E-state index in [2.05, 4.69) is 15.5 Å². The Labute approximate surface area is 127 Å². The number of likely N-dealkylation sites (tertiary alicyclic amines) is 1. The molecule has 2 rings (SSSR count). The SMILES string of the molecule is C[C@H](Nc1ccc(C#N)nn1)C1CCN(CC(F)(F)F)CC1. The van der Waals surface area contributed by atoms with Crippen LogP contribution in [0.4, 0.5) is 19.0 Å². The van der Waals surface area contributed by atoms with Crippen LogP contribution in [-0.4, -0.2) is 46.9 Å². The van der Waals surface area contributed by atoms with Crippen molar-refractivity contribution in [3.8, 4) is 6.07 Å². The van der Waals surface area contributed by atoms with Crippen LogP contribution in [0.5, 0.6) is 0 Å². The normalized spacial score (nSPS) is 18.7. The number of halogens is 3. The quantitative estimate of drug-likeness (QED) is 0.925. The smallest absolute Gasteiger partial charge is 0.366 e. The minimum atomic E-state index is -4.13. The van der Waals surface area contributed by atoms with E-state index in [0.717, 1.165) is 0 Å². The van der Waals surface area contributed by atoms with Gasteiger partial charge in [0, 0.05) is 6.04 Å². The number of rotatable bonds is 4. The first-order chi connectivity index (χ1) is 10.4. The predicted octanol–water partition coefficient (Wildman–Crippen LogP) is 2.42. The van der Waals surface area contributed by atoms with Crippen LogP contribution in [0.2, 0.25) is 0 Å². The molecule has 0 aromatic carbocycles. The lowest BCUT2D eigenvalue weighted by Crippen LogP contribution is -2.43. The number of hydrogen-bond acceptors (Lipinski definition) is 5. The van der Waals surface area contributed by atoms with Crippen molar-refractivity contribution < 1.29 is 13.2 Å². The summed E-state index contributed by atoms with van der Waals surface area (Å²) in [6.07, 6.45) is -2.70. The zero-order valence-electron chi connectivity index (χ0n) is 12.3. The summed E-state index contributed by atoms with van der Waals surface area (Å²) in [7, 11) is 0. The Kier molecular flexibility index (Phi) is 5.19. The van der Waals surface area contributed by atoms with Crippen molar-refractivity contribution in [3.63, 3.8) is 0 Å². The molecule has 0 bridgehead atoms.